The van der Waals surface area contributed by atoms with Gasteiger partial charge in [-0.2, -0.15) is 4.39 Å². The highest BCUT2D eigenvalue weighted by molar-refractivity contribution is 6.43. The van der Waals surface area contributed by atoms with Crippen LogP contribution >= 0.6 is 0 Å². The summed E-state index contributed by atoms with van der Waals surface area (Å²) in [4.78, 5) is 41.6. The van der Waals surface area contributed by atoms with E-state index in [1.165, 1.54) is 12.3 Å². The van der Waals surface area contributed by atoms with E-state index in [2.05, 4.69) is 15.6 Å². The first-order valence-electron chi connectivity index (χ1n) is 9.73. The summed E-state index contributed by atoms with van der Waals surface area (Å²) < 4.78 is 14.5. The highest BCUT2D eigenvalue weighted by Gasteiger charge is 2.29. The third-order valence-electron chi connectivity index (χ3n) is 5.50. The van der Waals surface area contributed by atoms with Crippen molar-refractivity contribution in [3.05, 3.63) is 46.8 Å². The third kappa shape index (κ3) is 4.36. The minimum atomic E-state index is -0.652. The molecule has 2 aromatic heterocycles. The van der Waals surface area contributed by atoms with E-state index in [4.69, 9.17) is 0 Å². The largest absolute Gasteiger partial charge is 0.346 e. The number of aromatic nitrogens is 2. The summed E-state index contributed by atoms with van der Waals surface area (Å²) in [5.41, 5.74) is 1.83. The van der Waals surface area contributed by atoms with Crippen molar-refractivity contribution in [2.75, 3.05) is 5.32 Å². The fraction of sp³-hybridized carbons (Fsp3) is 0.429. The first-order chi connectivity index (χ1) is 13.8. The van der Waals surface area contributed by atoms with Crippen molar-refractivity contribution in [3.63, 3.8) is 0 Å². The molecule has 1 aliphatic carbocycles. The van der Waals surface area contributed by atoms with Gasteiger partial charge in [-0.15, -0.1) is 0 Å². The molecule has 0 aromatic carbocycles. The maximum atomic E-state index is 13.0. The van der Waals surface area contributed by atoms with E-state index in [1.807, 2.05) is 0 Å². The Morgan fingerprint density at radius 2 is 1.83 bits per heavy atom. The van der Waals surface area contributed by atoms with Crippen LogP contribution in [0.3, 0.4) is 0 Å². The summed E-state index contributed by atoms with van der Waals surface area (Å²) in [5, 5.41) is 5.48. The van der Waals surface area contributed by atoms with Crippen molar-refractivity contribution in [2.24, 2.45) is 7.05 Å². The van der Waals surface area contributed by atoms with Crippen LogP contribution in [-0.4, -0.2) is 33.2 Å². The number of pyridine rings is 1. The van der Waals surface area contributed by atoms with Gasteiger partial charge in [0.2, 0.25) is 5.95 Å². The van der Waals surface area contributed by atoms with Gasteiger partial charge in [-0.05, 0) is 44.4 Å². The molecule has 29 heavy (non-hydrogen) atoms. The summed E-state index contributed by atoms with van der Waals surface area (Å²) in [6.45, 7) is 3.35. The van der Waals surface area contributed by atoms with Crippen LogP contribution in [0.25, 0.3) is 0 Å². The second kappa shape index (κ2) is 8.55. The molecule has 8 heteroatoms. The van der Waals surface area contributed by atoms with Crippen molar-refractivity contribution >= 4 is 23.3 Å². The molecule has 0 saturated heterocycles. The number of ketones is 1. The molecule has 0 unspecified atom stereocenters. The molecule has 7 nitrogen and oxygen atoms in total. The van der Waals surface area contributed by atoms with E-state index in [0.717, 1.165) is 38.2 Å². The molecule has 3 rings (SSSR count). The normalized spacial score (nSPS) is 14.5. The number of rotatable bonds is 5. The number of halogens is 1. The lowest BCUT2D eigenvalue weighted by Gasteiger charge is -2.22. The molecule has 0 spiro atoms. The Hall–Kier alpha value is -3.03. The Labute approximate surface area is 168 Å². The van der Waals surface area contributed by atoms with Gasteiger partial charge in [0, 0.05) is 18.8 Å². The van der Waals surface area contributed by atoms with Crippen LogP contribution in [0.1, 0.15) is 64.2 Å². The number of carbonyl (C=O) groups excluding carboxylic acids is 3. The molecule has 1 saturated carbocycles. The molecule has 2 N–H and O–H groups in total. The van der Waals surface area contributed by atoms with Crippen LogP contribution in [-0.2, 0) is 11.8 Å². The number of hydrogen-bond acceptors (Lipinski definition) is 4. The van der Waals surface area contributed by atoms with Crippen molar-refractivity contribution in [3.8, 4) is 0 Å². The predicted octanol–water partition coefficient (Wildman–Crippen LogP) is 3.06. The number of Topliss-reactive ketones (excluding diaryl/α,β-unsaturated/α-hetero) is 1. The summed E-state index contributed by atoms with van der Waals surface area (Å²) in [7, 11) is 1.65. The lowest BCUT2D eigenvalue weighted by atomic mass is 9.95. The molecule has 2 heterocycles. The minimum absolute atomic E-state index is 0.0237. The molecular weight excluding hydrogens is 375 g/mol. The van der Waals surface area contributed by atoms with Gasteiger partial charge >= 0.3 is 0 Å². The van der Waals surface area contributed by atoms with E-state index in [0.29, 0.717) is 22.5 Å². The van der Waals surface area contributed by atoms with Crippen LogP contribution in [0.5, 0.6) is 0 Å². The zero-order valence-corrected chi connectivity index (χ0v) is 16.8. The Kier molecular flexibility index (Phi) is 6.10. The van der Waals surface area contributed by atoms with Crippen molar-refractivity contribution in [2.45, 2.75) is 52.0 Å². The average molecular weight is 400 g/mol. The molecule has 0 atom stereocenters. The van der Waals surface area contributed by atoms with Crippen LogP contribution in [0, 0.1) is 19.8 Å². The second-order valence-corrected chi connectivity index (χ2v) is 7.45. The van der Waals surface area contributed by atoms with Gasteiger partial charge in [0.15, 0.2) is 0 Å². The van der Waals surface area contributed by atoms with Crippen molar-refractivity contribution < 1.29 is 18.8 Å². The maximum Gasteiger partial charge on any atom is 0.294 e. The molecule has 1 fully saturated rings. The molecule has 0 radical (unpaired) electrons. The first-order valence-corrected chi connectivity index (χ1v) is 9.73. The average Bonchev–Trinajstić information content (AvgIpc) is 2.92. The Morgan fingerprint density at radius 1 is 1.14 bits per heavy atom. The van der Waals surface area contributed by atoms with Gasteiger partial charge in [0.1, 0.15) is 0 Å². The number of amides is 2. The number of nitrogens with zero attached hydrogens (tertiary/aromatic N) is 2. The molecule has 2 aromatic rings. The Balaban J connectivity index is 1.81. The number of anilines is 1. The standard InChI is InChI=1S/C21H25FN4O3/c1-12-17(20(28)25-15-9-10-16(22)23-11-15)13(2)26(3)18(12)19(27)21(29)24-14-7-5-4-6-8-14/h9-11,14H,4-8H2,1-3H3,(H,24,29)(H,25,28). The van der Waals surface area contributed by atoms with Gasteiger partial charge in [-0.3, -0.25) is 14.4 Å². The van der Waals surface area contributed by atoms with Gasteiger partial charge in [-0.25, -0.2) is 4.98 Å². The smallest absolute Gasteiger partial charge is 0.294 e. The van der Waals surface area contributed by atoms with E-state index >= 15 is 0 Å². The highest BCUT2D eigenvalue weighted by Crippen LogP contribution is 2.24. The van der Waals surface area contributed by atoms with Gasteiger partial charge in [0.25, 0.3) is 17.6 Å². The lowest BCUT2D eigenvalue weighted by Crippen LogP contribution is -2.41. The minimum Gasteiger partial charge on any atom is -0.346 e. The summed E-state index contributed by atoms with van der Waals surface area (Å²) >= 11 is 0. The van der Waals surface area contributed by atoms with E-state index in [-0.39, 0.29) is 11.7 Å². The topological polar surface area (TPSA) is 93.1 Å². The molecule has 0 aliphatic heterocycles. The quantitative estimate of drug-likeness (QED) is 0.458. The maximum absolute atomic E-state index is 13.0. The number of hydrogen-bond donors (Lipinski definition) is 2. The Bertz CT molecular complexity index is 944. The zero-order chi connectivity index (χ0) is 21.1. The van der Waals surface area contributed by atoms with E-state index in [9.17, 15) is 18.8 Å². The highest BCUT2D eigenvalue weighted by atomic mass is 19.1. The summed E-state index contributed by atoms with van der Waals surface area (Å²) in [6.07, 6.45) is 6.21. The third-order valence-corrected chi connectivity index (χ3v) is 5.50. The SMILES string of the molecule is Cc1c(C(=O)Nc2ccc(F)nc2)c(C)n(C)c1C(=O)C(=O)NC1CCCCC1. The van der Waals surface area contributed by atoms with E-state index in [1.54, 1.807) is 25.5 Å². The molecule has 0 bridgehead atoms. The van der Waals surface area contributed by atoms with E-state index < -0.39 is 23.5 Å². The van der Waals surface area contributed by atoms with Gasteiger partial charge < -0.3 is 15.2 Å². The van der Waals surface area contributed by atoms with Crippen LogP contribution in [0.15, 0.2) is 18.3 Å². The van der Waals surface area contributed by atoms with Gasteiger partial charge in [-0.1, -0.05) is 19.3 Å². The molecule has 1 aliphatic rings. The van der Waals surface area contributed by atoms with Crippen LogP contribution < -0.4 is 10.6 Å². The summed E-state index contributed by atoms with van der Waals surface area (Å²) in [5.74, 6) is -2.39. The molecular formula is C21H25FN4O3. The Morgan fingerprint density at radius 3 is 2.45 bits per heavy atom. The van der Waals surface area contributed by atoms with Crippen LogP contribution in [0.4, 0.5) is 10.1 Å². The number of nitrogens with one attached hydrogen (secondary N) is 2. The van der Waals surface area contributed by atoms with Gasteiger partial charge in [0.05, 0.1) is 23.1 Å². The monoisotopic (exact) mass is 400 g/mol. The molecule has 2 amide bonds. The number of carbonyl (C=O) groups is 3. The van der Waals surface area contributed by atoms with Crippen molar-refractivity contribution in [1.29, 1.82) is 0 Å². The fourth-order valence-electron chi connectivity index (χ4n) is 3.88. The predicted molar refractivity (Wildman–Crippen MR) is 106 cm³/mol. The zero-order valence-electron chi connectivity index (χ0n) is 16.8. The summed E-state index contributed by atoms with van der Waals surface area (Å²) in [6, 6.07) is 2.57. The fourth-order valence-corrected chi connectivity index (χ4v) is 3.88. The molecule has 154 valence electrons. The van der Waals surface area contributed by atoms with Crippen molar-refractivity contribution in [1.82, 2.24) is 14.9 Å². The second-order valence-electron chi connectivity index (χ2n) is 7.45. The first kappa shape index (κ1) is 20.7. The lowest BCUT2D eigenvalue weighted by molar-refractivity contribution is -0.117. The van der Waals surface area contributed by atoms with Crippen LogP contribution in [0.2, 0.25) is 0 Å².